The molecule has 0 aliphatic rings. The molecule has 0 saturated carbocycles. The van der Waals surface area contributed by atoms with Gasteiger partial charge in [0.05, 0.1) is 0 Å². The molecule has 1 heterocycles. The summed E-state index contributed by atoms with van der Waals surface area (Å²) in [7, 11) is 0. The second-order valence-corrected chi connectivity index (χ2v) is 4.16. The zero-order valence-electron chi connectivity index (χ0n) is 10.6. The monoisotopic (exact) mass is 278 g/mol. The molecular weight excluding hydrogens is 267 g/mol. The Morgan fingerprint density at radius 1 is 1.40 bits per heavy atom. The molecule has 0 aliphatic carbocycles. The fourth-order valence-electron chi connectivity index (χ4n) is 1.72. The Hall–Kier alpha value is -2.63. The number of carbonyl (C=O) groups is 2. The van der Waals surface area contributed by atoms with Crippen LogP contribution in [0.1, 0.15) is 32.2 Å². The van der Waals surface area contributed by atoms with Gasteiger partial charge in [0.25, 0.3) is 0 Å². The van der Waals surface area contributed by atoms with Gasteiger partial charge in [0.15, 0.2) is 0 Å². The molecule has 0 amide bonds. The molecule has 0 saturated heterocycles. The highest BCUT2D eigenvalue weighted by Crippen LogP contribution is 2.19. The van der Waals surface area contributed by atoms with E-state index in [0.717, 1.165) is 12.1 Å². The van der Waals surface area contributed by atoms with Crippen LogP contribution in [0.3, 0.4) is 0 Å². The third-order valence-electron chi connectivity index (χ3n) is 2.57. The first-order valence-corrected chi connectivity index (χ1v) is 5.71. The van der Waals surface area contributed by atoms with E-state index >= 15 is 0 Å². The van der Waals surface area contributed by atoms with Gasteiger partial charge in [-0.05, 0) is 25.1 Å². The van der Waals surface area contributed by atoms with Gasteiger partial charge >= 0.3 is 5.97 Å². The molecule has 0 atom stereocenters. The number of aryl methyl sites for hydroxylation is 1. The van der Waals surface area contributed by atoms with Crippen LogP contribution >= 0.6 is 0 Å². The summed E-state index contributed by atoms with van der Waals surface area (Å²) in [5, 5.41) is 8.85. The van der Waals surface area contributed by atoms with Gasteiger partial charge in [-0.25, -0.2) is 9.18 Å². The van der Waals surface area contributed by atoms with Crippen molar-refractivity contribution in [2.24, 2.45) is 0 Å². The lowest BCUT2D eigenvalue weighted by molar-refractivity contribution is 0.0657. The van der Waals surface area contributed by atoms with E-state index in [4.69, 9.17) is 14.3 Å². The summed E-state index contributed by atoms with van der Waals surface area (Å²) in [4.78, 5) is 21.4. The first-order chi connectivity index (χ1) is 9.49. The lowest BCUT2D eigenvalue weighted by Crippen LogP contribution is -1.97. The third kappa shape index (κ3) is 3.03. The summed E-state index contributed by atoms with van der Waals surface area (Å²) in [5.41, 5.74) is 0.630. The molecule has 104 valence electrons. The highest BCUT2D eigenvalue weighted by Gasteiger charge is 2.14. The largest absolute Gasteiger partial charge is 0.486 e. The van der Waals surface area contributed by atoms with Crippen molar-refractivity contribution in [3.05, 3.63) is 52.7 Å². The summed E-state index contributed by atoms with van der Waals surface area (Å²) in [6.45, 7) is 1.54. The predicted octanol–water partition coefficient (Wildman–Crippen LogP) is 2.82. The Morgan fingerprint density at radius 3 is 2.75 bits per heavy atom. The second kappa shape index (κ2) is 5.56. The Balaban J connectivity index is 2.12. The molecule has 0 unspecified atom stereocenters. The number of aldehydes is 1. The number of furan rings is 1. The normalized spacial score (nSPS) is 10.3. The van der Waals surface area contributed by atoms with Gasteiger partial charge in [-0.1, -0.05) is 0 Å². The summed E-state index contributed by atoms with van der Waals surface area (Å²) >= 11 is 0. The summed E-state index contributed by atoms with van der Waals surface area (Å²) < 4.78 is 23.5. The second-order valence-electron chi connectivity index (χ2n) is 4.16. The fourth-order valence-corrected chi connectivity index (χ4v) is 1.72. The number of aromatic carboxylic acids is 1. The van der Waals surface area contributed by atoms with E-state index in [9.17, 15) is 14.0 Å². The van der Waals surface area contributed by atoms with Crippen LogP contribution in [0.5, 0.6) is 5.75 Å². The van der Waals surface area contributed by atoms with Crippen molar-refractivity contribution >= 4 is 12.3 Å². The number of benzene rings is 1. The molecule has 0 fully saturated rings. The number of hydrogen-bond acceptors (Lipinski definition) is 4. The maximum Gasteiger partial charge on any atom is 0.372 e. The van der Waals surface area contributed by atoms with E-state index < -0.39 is 11.8 Å². The number of rotatable bonds is 5. The van der Waals surface area contributed by atoms with Gasteiger partial charge < -0.3 is 14.3 Å². The maximum absolute atomic E-state index is 13.2. The number of hydrogen-bond donors (Lipinski definition) is 1. The molecule has 2 rings (SSSR count). The Labute approximate surface area is 113 Å². The van der Waals surface area contributed by atoms with Gasteiger partial charge in [-0.3, -0.25) is 4.79 Å². The highest BCUT2D eigenvalue weighted by atomic mass is 19.1. The van der Waals surface area contributed by atoms with Crippen molar-refractivity contribution in [1.29, 1.82) is 0 Å². The van der Waals surface area contributed by atoms with Crippen molar-refractivity contribution in [1.82, 2.24) is 0 Å². The quantitative estimate of drug-likeness (QED) is 0.851. The van der Waals surface area contributed by atoms with Crippen molar-refractivity contribution < 1.29 is 28.2 Å². The van der Waals surface area contributed by atoms with Gasteiger partial charge in [0.2, 0.25) is 5.76 Å². The van der Waals surface area contributed by atoms with Crippen molar-refractivity contribution in [2.45, 2.75) is 13.5 Å². The number of ether oxygens (including phenoxy) is 1. The minimum Gasteiger partial charge on any atom is -0.486 e. The lowest BCUT2D eigenvalue weighted by atomic mass is 10.2. The summed E-state index contributed by atoms with van der Waals surface area (Å²) in [5.74, 6) is -1.44. The van der Waals surface area contributed by atoms with E-state index in [2.05, 4.69) is 0 Å². The van der Waals surface area contributed by atoms with Gasteiger partial charge in [0.1, 0.15) is 30.2 Å². The highest BCUT2D eigenvalue weighted by molar-refractivity contribution is 5.86. The Bertz CT molecular complexity index is 660. The molecule has 1 N–H and O–H groups in total. The summed E-state index contributed by atoms with van der Waals surface area (Å²) in [6.07, 6.45) is 0.509. The zero-order chi connectivity index (χ0) is 14.7. The van der Waals surface area contributed by atoms with Crippen LogP contribution in [-0.2, 0) is 6.61 Å². The smallest absolute Gasteiger partial charge is 0.372 e. The van der Waals surface area contributed by atoms with Crippen molar-refractivity contribution in [2.75, 3.05) is 0 Å². The first-order valence-electron chi connectivity index (χ1n) is 5.71. The number of halogens is 1. The third-order valence-corrected chi connectivity index (χ3v) is 2.57. The molecule has 6 heteroatoms. The Morgan fingerprint density at radius 2 is 2.15 bits per heavy atom. The molecule has 0 spiro atoms. The van der Waals surface area contributed by atoms with Crippen LogP contribution in [0.2, 0.25) is 0 Å². The van der Waals surface area contributed by atoms with Crippen LogP contribution in [-0.4, -0.2) is 17.4 Å². The maximum atomic E-state index is 13.2. The van der Waals surface area contributed by atoms with Crippen LogP contribution in [0.25, 0.3) is 0 Å². The van der Waals surface area contributed by atoms with E-state index in [1.807, 2.05) is 0 Å². The number of carboxylic acids is 1. The average molecular weight is 278 g/mol. The van der Waals surface area contributed by atoms with Crippen molar-refractivity contribution in [3.63, 3.8) is 0 Å². The molecule has 0 aliphatic heterocycles. The van der Waals surface area contributed by atoms with Gasteiger partial charge in [-0.2, -0.15) is 0 Å². The zero-order valence-corrected chi connectivity index (χ0v) is 10.6. The molecular formula is C14H11FO5. The van der Waals surface area contributed by atoms with E-state index in [1.165, 1.54) is 12.1 Å². The van der Waals surface area contributed by atoms with E-state index in [1.54, 1.807) is 6.92 Å². The predicted molar refractivity (Wildman–Crippen MR) is 66.5 cm³/mol. The van der Waals surface area contributed by atoms with Crippen LogP contribution < -0.4 is 4.74 Å². The molecule has 5 nitrogen and oxygen atoms in total. The molecule has 0 bridgehead atoms. The van der Waals surface area contributed by atoms with Crippen LogP contribution in [0, 0.1) is 12.7 Å². The Kier molecular flexibility index (Phi) is 3.84. The number of carboxylic acid groups (broad SMARTS) is 1. The standard InChI is InChI=1S/C14H11FO5/c1-8-2-12(20-13(8)14(17)18)7-19-11-4-9(6-16)3-10(15)5-11/h2-6H,7H2,1H3,(H,17,18). The van der Waals surface area contributed by atoms with E-state index in [-0.39, 0.29) is 23.7 Å². The molecule has 20 heavy (non-hydrogen) atoms. The molecule has 1 aromatic carbocycles. The average Bonchev–Trinajstić information content (AvgIpc) is 2.77. The SMILES string of the molecule is Cc1cc(COc2cc(F)cc(C=O)c2)oc1C(=O)O. The van der Waals surface area contributed by atoms with Gasteiger partial charge in [-0.15, -0.1) is 0 Å². The minimum absolute atomic E-state index is 0.0597. The fraction of sp³-hybridized carbons (Fsp3) is 0.143. The number of carbonyl (C=O) groups excluding carboxylic acids is 1. The topological polar surface area (TPSA) is 76.7 Å². The first kappa shape index (κ1) is 13.8. The van der Waals surface area contributed by atoms with Crippen LogP contribution in [0.4, 0.5) is 4.39 Å². The molecule has 1 aromatic heterocycles. The summed E-state index contributed by atoms with van der Waals surface area (Å²) in [6, 6.07) is 5.12. The molecule has 0 radical (unpaired) electrons. The van der Waals surface area contributed by atoms with Crippen molar-refractivity contribution in [3.8, 4) is 5.75 Å². The van der Waals surface area contributed by atoms with Gasteiger partial charge in [0, 0.05) is 17.2 Å². The van der Waals surface area contributed by atoms with E-state index in [0.29, 0.717) is 17.6 Å². The lowest BCUT2D eigenvalue weighted by Gasteiger charge is -2.05. The van der Waals surface area contributed by atoms with Crippen LogP contribution in [0.15, 0.2) is 28.7 Å². The molecule has 2 aromatic rings. The minimum atomic E-state index is -1.16.